The van der Waals surface area contributed by atoms with Crippen LogP contribution in [0.5, 0.6) is 0 Å². The monoisotopic (exact) mass is 480 g/mol. The van der Waals surface area contributed by atoms with E-state index in [1.807, 2.05) is 0 Å². The number of hydrogen-bond acceptors (Lipinski definition) is 8. The molecule has 0 bridgehead atoms. The Balaban J connectivity index is 0.000000360. The zero-order chi connectivity index (χ0) is 17.5. The molecule has 0 aromatic rings. The summed E-state index contributed by atoms with van der Waals surface area (Å²) < 4.78 is 17.9. The van der Waals surface area contributed by atoms with Gasteiger partial charge in [0, 0.05) is 26.2 Å². The van der Waals surface area contributed by atoms with Gasteiger partial charge in [-0.1, -0.05) is 12.8 Å². The van der Waals surface area contributed by atoms with Gasteiger partial charge < -0.3 is 60.5 Å². The van der Waals surface area contributed by atoms with Crippen LogP contribution in [0.4, 0.5) is 0 Å². The molecular formula is C12H22MoN4O2S4. The molecule has 11 heteroatoms. The Kier molecular flexibility index (Phi) is 16.2. The maximum atomic E-state index is 8.50. The van der Waals surface area contributed by atoms with Crippen LogP contribution in [-0.4, -0.2) is 44.8 Å². The summed E-state index contributed by atoms with van der Waals surface area (Å²) in [7, 11) is 0. The summed E-state index contributed by atoms with van der Waals surface area (Å²) in [6.45, 7) is 4.32. The van der Waals surface area contributed by atoms with E-state index in [4.69, 9.17) is 56.5 Å². The van der Waals surface area contributed by atoms with Gasteiger partial charge in [0.05, 0.1) is 0 Å². The van der Waals surface area contributed by atoms with Crippen molar-refractivity contribution >= 4 is 58.3 Å². The number of piperidine rings is 2. The SMILES string of the molecule is S=C([S-])NN1CCCCC1.S=C([S-])NN1CCCCC1.[O]=[Mo+2]=[O]. The van der Waals surface area contributed by atoms with Gasteiger partial charge in [-0.05, 0) is 34.3 Å². The van der Waals surface area contributed by atoms with Crippen molar-refractivity contribution in [3.05, 3.63) is 0 Å². The number of hydrazine groups is 2. The van der Waals surface area contributed by atoms with Crippen LogP contribution in [0.1, 0.15) is 38.5 Å². The molecule has 0 atom stereocenters. The second-order valence-corrected chi connectivity index (χ2v) is 7.45. The zero-order valence-corrected chi connectivity index (χ0v) is 18.1. The number of rotatable bonds is 2. The molecule has 2 saturated heterocycles. The Morgan fingerprint density at radius 3 is 1.22 bits per heavy atom. The molecule has 0 aromatic heterocycles. The predicted octanol–water partition coefficient (Wildman–Crippen LogP) is 1.38. The van der Waals surface area contributed by atoms with Crippen molar-refractivity contribution < 1.29 is 25.3 Å². The molecule has 0 aromatic carbocycles. The molecule has 0 saturated carbocycles. The molecule has 2 rings (SSSR count). The van der Waals surface area contributed by atoms with E-state index in [1.165, 1.54) is 38.5 Å². The molecule has 0 radical (unpaired) electrons. The molecule has 2 fully saturated rings. The van der Waals surface area contributed by atoms with Gasteiger partial charge in [0.1, 0.15) is 0 Å². The van der Waals surface area contributed by atoms with Crippen molar-refractivity contribution in [3.8, 4) is 0 Å². The standard InChI is InChI=1S/2C6H12N2S2.Mo.2O/c2*9-6(10)7-8-4-2-1-3-5-8;;;/h2*1-5H2,(H2,7,9,10);;;/q;;+2;;/p-2. The van der Waals surface area contributed by atoms with Gasteiger partial charge in [0.15, 0.2) is 0 Å². The summed E-state index contributed by atoms with van der Waals surface area (Å²) in [6.07, 6.45) is 7.69. The first kappa shape index (κ1) is 23.4. The fourth-order valence-electron chi connectivity index (χ4n) is 2.27. The summed E-state index contributed by atoms with van der Waals surface area (Å²) >= 11 is 16.9. The van der Waals surface area contributed by atoms with E-state index in [2.05, 4.69) is 20.9 Å². The molecule has 0 spiro atoms. The first-order valence-corrected chi connectivity index (χ1v) is 10.6. The van der Waals surface area contributed by atoms with E-state index in [-0.39, 0.29) is 0 Å². The van der Waals surface area contributed by atoms with Crippen LogP contribution in [0.15, 0.2) is 0 Å². The minimum absolute atomic E-state index is 0.460. The van der Waals surface area contributed by atoms with Gasteiger partial charge in [-0.3, -0.25) is 0 Å². The average molecular weight is 479 g/mol. The molecule has 2 N–H and O–H groups in total. The zero-order valence-electron chi connectivity index (χ0n) is 12.8. The molecule has 132 valence electrons. The number of nitrogens with one attached hydrogen (secondary N) is 2. The predicted molar refractivity (Wildman–Crippen MR) is 98.4 cm³/mol. The van der Waals surface area contributed by atoms with Crippen molar-refractivity contribution in [2.24, 2.45) is 0 Å². The van der Waals surface area contributed by atoms with Crippen LogP contribution in [0, 0.1) is 0 Å². The first-order valence-electron chi connectivity index (χ1n) is 7.36. The van der Waals surface area contributed by atoms with Gasteiger partial charge in [-0.2, -0.15) is 0 Å². The molecular weight excluding hydrogens is 456 g/mol. The Morgan fingerprint density at radius 1 is 0.739 bits per heavy atom. The van der Waals surface area contributed by atoms with Gasteiger partial charge in [0.25, 0.3) is 0 Å². The summed E-state index contributed by atoms with van der Waals surface area (Å²) in [5.41, 5.74) is 5.92. The average Bonchev–Trinajstić information content (AvgIpc) is 2.49. The third kappa shape index (κ3) is 15.7. The second-order valence-electron chi connectivity index (χ2n) is 4.96. The molecule has 6 nitrogen and oxygen atoms in total. The van der Waals surface area contributed by atoms with Gasteiger partial charge in [-0.25, -0.2) is 10.0 Å². The maximum absolute atomic E-state index is 8.50. The number of nitrogens with zero attached hydrogens (tertiary/aromatic N) is 2. The Morgan fingerprint density at radius 2 is 1.00 bits per heavy atom. The van der Waals surface area contributed by atoms with Crippen LogP contribution in [0.2, 0.25) is 0 Å². The third-order valence-corrected chi connectivity index (χ3v) is 3.58. The number of hydrogen-bond donors (Lipinski definition) is 2. The summed E-state index contributed by atoms with van der Waals surface area (Å²) in [5, 5.41) is 4.19. The molecule has 0 aliphatic carbocycles. The van der Waals surface area contributed by atoms with Crippen molar-refractivity contribution in [3.63, 3.8) is 0 Å². The molecule has 2 aliphatic heterocycles. The van der Waals surface area contributed by atoms with Crippen LogP contribution in [0.25, 0.3) is 0 Å². The molecule has 0 unspecified atom stereocenters. The van der Waals surface area contributed by atoms with E-state index in [9.17, 15) is 0 Å². The fourth-order valence-corrected chi connectivity index (χ4v) is 2.79. The normalized spacial score (nSPS) is 18.1. The second kappa shape index (κ2) is 15.9. The van der Waals surface area contributed by atoms with Crippen molar-refractivity contribution in [1.29, 1.82) is 0 Å². The molecule has 0 amide bonds. The van der Waals surface area contributed by atoms with E-state index in [0.29, 0.717) is 8.64 Å². The quantitative estimate of drug-likeness (QED) is 0.346. The van der Waals surface area contributed by atoms with E-state index in [0.717, 1.165) is 26.2 Å². The van der Waals surface area contributed by atoms with E-state index < -0.39 is 18.5 Å². The summed E-state index contributed by atoms with van der Waals surface area (Å²) in [4.78, 5) is 0. The molecule has 2 heterocycles. The van der Waals surface area contributed by atoms with Crippen LogP contribution in [-0.2, 0) is 50.5 Å². The molecule has 2 aliphatic rings. The molecule has 23 heavy (non-hydrogen) atoms. The Labute approximate surface area is 168 Å². The topological polar surface area (TPSA) is 64.7 Å². The third-order valence-electron chi connectivity index (χ3n) is 3.21. The van der Waals surface area contributed by atoms with Gasteiger partial charge in [0.2, 0.25) is 0 Å². The van der Waals surface area contributed by atoms with E-state index in [1.54, 1.807) is 0 Å². The van der Waals surface area contributed by atoms with Crippen LogP contribution in [0.3, 0.4) is 0 Å². The van der Waals surface area contributed by atoms with Crippen molar-refractivity contribution in [2.45, 2.75) is 38.5 Å². The summed E-state index contributed by atoms with van der Waals surface area (Å²) in [5.74, 6) is 0. The van der Waals surface area contributed by atoms with Crippen molar-refractivity contribution in [2.75, 3.05) is 26.2 Å². The first-order chi connectivity index (χ1) is 11.0. The van der Waals surface area contributed by atoms with E-state index >= 15 is 0 Å². The minimum atomic E-state index is -2.03. The fraction of sp³-hybridized carbons (Fsp3) is 0.833. The number of thiocarbonyl (C=S) groups is 2. The summed E-state index contributed by atoms with van der Waals surface area (Å²) in [6, 6.07) is 0. The van der Waals surface area contributed by atoms with Crippen LogP contribution >= 0.6 is 24.4 Å². The Hall–Kier alpha value is 0.428. The van der Waals surface area contributed by atoms with Crippen LogP contribution < -0.4 is 10.9 Å². The van der Waals surface area contributed by atoms with Crippen molar-refractivity contribution in [1.82, 2.24) is 20.9 Å². The van der Waals surface area contributed by atoms with Gasteiger partial charge >= 0.3 is 25.3 Å². The Bertz CT molecular complexity index is 355. The van der Waals surface area contributed by atoms with Gasteiger partial charge in [-0.15, -0.1) is 0 Å².